The van der Waals surface area contributed by atoms with Gasteiger partial charge in [0.15, 0.2) is 0 Å². The third-order valence-electron chi connectivity index (χ3n) is 3.74. The minimum Gasteiger partial charge on any atom is -0.481 e. The number of carboxylic acid groups (broad SMARTS) is 1. The summed E-state index contributed by atoms with van der Waals surface area (Å²) in [5.74, 6) is -0.910. The predicted octanol–water partition coefficient (Wildman–Crippen LogP) is 2.37. The van der Waals surface area contributed by atoms with E-state index in [1.165, 1.54) is 5.56 Å². The topological polar surface area (TPSA) is 49.3 Å². The van der Waals surface area contributed by atoms with E-state index in [-0.39, 0.29) is 17.3 Å². The molecule has 1 saturated heterocycles. The molecule has 0 bridgehead atoms. The molecule has 1 aromatic rings. The van der Waals surface area contributed by atoms with E-state index in [4.69, 9.17) is 0 Å². The molecule has 0 radical (unpaired) electrons. The molecule has 18 heavy (non-hydrogen) atoms. The molecular weight excluding hydrogens is 226 g/mol. The van der Waals surface area contributed by atoms with Crippen LogP contribution in [-0.4, -0.2) is 24.2 Å². The Bertz CT molecular complexity index is 431. The third-order valence-corrected chi connectivity index (χ3v) is 3.74. The first-order valence-corrected chi connectivity index (χ1v) is 6.43. The summed E-state index contributed by atoms with van der Waals surface area (Å²) in [6, 6.07) is 8.39. The fourth-order valence-electron chi connectivity index (χ4n) is 2.52. The zero-order valence-electron chi connectivity index (χ0n) is 11.2. The lowest BCUT2D eigenvalue weighted by atomic mass is 9.84. The van der Waals surface area contributed by atoms with Crippen molar-refractivity contribution >= 4 is 5.97 Å². The summed E-state index contributed by atoms with van der Waals surface area (Å²) < 4.78 is 0. The highest BCUT2D eigenvalue weighted by molar-refractivity contribution is 5.72. The first-order valence-electron chi connectivity index (χ1n) is 6.43. The average molecular weight is 247 g/mol. The number of hydrogen-bond acceptors (Lipinski definition) is 2. The van der Waals surface area contributed by atoms with E-state index in [0.717, 1.165) is 12.1 Å². The molecular formula is C15H21NO2. The normalized spacial score (nSPS) is 24.2. The second-order valence-corrected chi connectivity index (χ2v) is 6.08. The molecule has 2 atom stereocenters. The Morgan fingerprint density at radius 1 is 1.22 bits per heavy atom. The van der Waals surface area contributed by atoms with Gasteiger partial charge in [0.2, 0.25) is 0 Å². The van der Waals surface area contributed by atoms with Crippen LogP contribution in [0.1, 0.15) is 37.8 Å². The maximum atomic E-state index is 11.2. The van der Waals surface area contributed by atoms with Crippen LogP contribution in [0, 0.1) is 5.92 Å². The average Bonchev–Trinajstić information content (AvgIpc) is 2.77. The van der Waals surface area contributed by atoms with Crippen molar-refractivity contribution in [3.63, 3.8) is 0 Å². The van der Waals surface area contributed by atoms with Crippen LogP contribution in [0.5, 0.6) is 0 Å². The summed E-state index contributed by atoms with van der Waals surface area (Å²) in [6.07, 6.45) is 0. The first kappa shape index (κ1) is 13.1. The molecule has 3 heteroatoms. The van der Waals surface area contributed by atoms with Crippen molar-refractivity contribution in [3.05, 3.63) is 35.4 Å². The lowest BCUT2D eigenvalue weighted by molar-refractivity contribution is -0.141. The van der Waals surface area contributed by atoms with E-state index in [2.05, 4.69) is 50.4 Å². The summed E-state index contributed by atoms with van der Waals surface area (Å²) >= 11 is 0. The second-order valence-electron chi connectivity index (χ2n) is 6.08. The molecule has 1 fully saturated rings. The Morgan fingerprint density at radius 3 is 2.33 bits per heavy atom. The van der Waals surface area contributed by atoms with Crippen LogP contribution in [0.4, 0.5) is 0 Å². The van der Waals surface area contributed by atoms with Gasteiger partial charge in [-0.15, -0.1) is 0 Å². The molecule has 0 saturated carbocycles. The van der Waals surface area contributed by atoms with Crippen LogP contribution in [0.3, 0.4) is 0 Å². The van der Waals surface area contributed by atoms with Crippen LogP contribution in [0.2, 0.25) is 0 Å². The summed E-state index contributed by atoms with van der Waals surface area (Å²) in [5.41, 5.74) is 2.54. The molecule has 0 spiro atoms. The molecule has 2 rings (SSSR count). The van der Waals surface area contributed by atoms with Crippen molar-refractivity contribution in [3.8, 4) is 0 Å². The molecule has 1 heterocycles. The largest absolute Gasteiger partial charge is 0.481 e. The summed E-state index contributed by atoms with van der Waals surface area (Å²) in [5, 5.41) is 12.4. The monoisotopic (exact) mass is 247 g/mol. The van der Waals surface area contributed by atoms with E-state index >= 15 is 0 Å². The zero-order chi connectivity index (χ0) is 13.3. The predicted molar refractivity (Wildman–Crippen MR) is 71.9 cm³/mol. The highest BCUT2D eigenvalue weighted by atomic mass is 16.4. The Balaban J connectivity index is 2.22. The van der Waals surface area contributed by atoms with Gasteiger partial charge < -0.3 is 10.4 Å². The highest BCUT2D eigenvalue weighted by Crippen LogP contribution is 2.30. The fourth-order valence-corrected chi connectivity index (χ4v) is 2.52. The van der Waals surface area contributed by atoms with Crippen LogP contribution in [0.25, 0.3) is 0 Å². The van der Waals surface area contributed by atoms with Gasteiger partial charge in [-0.05, 0) is 16.5 Å². The van der Waals surface area contributed by atoms with Crippen molar-refractivity contribution in [1.82, 2.24) is 5.32 Å². The van der Waals surface area contributed by atoms with Gasteiger partial charge in [-0.2, -0.15) is 0 Å². The van der Waals surface area contributed by atoms with E-state index in [1.807, 2.05) is 0 Å². The SMILES string of the molecule is CC(C)(C)c1ccc([C@@H]2CNC[C@H]2C(=O)O)cc1. The maximum Gasteiger partial charge on any atom is 0.308 e. The van der Waals surface area contributed by atoms with E-state index < -0.39 is 5.97 Å². The lowest BCUT2D eigenvalue weighted by Crippen LogP contribution is -2.21. The molecule has 0 amide bonds. The quantitative estimate of drug-likeness (QED) is 0.843. The Morgan fingerprint density at radius 2 is 1.83 bits per heavy atom. The standard InChI is InChI=1S/C15H21NO2/c1-15(2,3)11-6-4-10(5-7-11)12-8-16-9-13(12)14(17)18/h4-7,12-13,16H,8-9H2,1-3H3,(H,17,18)/t12-,13+/m0/s1. The highest BCUT2D eigenvalue weighted by Gasteiger charge is 2.33. The Kier molecular flexibility index (Phi) is 3.44. The number of hydrogen-bond donors (Lipinski definition) is 2. The van der Waals surface area contributed by atoms with E-state index in [0.29, 0.717) is 6.54 Å². The van der Waals surface area contributed by atoms with Crippen LogP contribution < -0.4 is 5.32 Å². The van der Waals surface area contributed by atoms with Gasteiger partial charge in [0.1, 0.15) is 0 Å². The number of nitrogens with one attached hydrogen (secondary N) is 1. The van der Waals surface area contributed by atoms with E-state index in [9.17, 15) is 9.90 Å². The molecule has 1 aliphatic heterocycles. The number of aliphatic carboxylic acids is 1. The van der Waals surface area contributed by atoms with Crippen molar-refractivity contribution < 1.29 is 9.90 Å². The number of rotatable bonds is 2. The molecule has 1 aliphatic rings. The van der Waals surface area contributed by atoms with Gasteiger partial charge in [0, 0.05) is 19.0 Å². The Labute approximate surface area is 108 Å². The van der Waals surface area contributed by atoms with Gasteiger partial charge in [-0.1, -0.05) is 45.0 Å². The maximum absolute atomic E-state index is 11.2. The summed E-state index contributed by atoms with van der Waals surface area (Å²) in [7, 11) is 0. The molecule has 0 aromatic heterocycles. The second kappa shape index (κ2) is 4.73. The fraction of sp³-hybridized carbons (Fsp3) is 0.533. The van der Waals surface area contributed by atoms with Crippen molar-refractivity contribution in [2.24, 2.45) is 5.92 Å². The van der Waals surface area contributed by atoms with Crippen LogP contribution in [-0.2, 0) is 10.2 Å². The Hall–Kier alpha value is -1.35. The van der Waals surface area contributed by atoms with Gasteiger partial charge in [0.25, 0.3) is 0 Å². The van der Waals surface area contributed by atoms with Crippen LogP contribution in [0.15, 0.2) is 24.3 Å². The molecule has 1 aromatic carbocycles. The lowest BCUT2D eigenvalue weighted by Gasteiger charge is -2.21. The van der Waals surface area contributed by atoms with Crippen LogP contribution >= 0.6 is 0 Å². The first-order chi connectivity index (χ1) is 8.39. The minimum atomic E-state index is -0.704. The number of carboxylic acids is 1. The molecule has 0 unspecified atom stereocenters. The molecule has 3 nitrogen and oxygen atoms in total. The van der Waals surface area contributed by atoms with Gasteiger partial charge in [-0.3, -0.25) is 4.79 Å². The molecule has 0 aliphatic carbocycles. The summed E-state index contributed by atoms with van der Waals surface area (Å²) in [4.78, 5) is 11.2. The molecule has 2 N–H and O–H groups in total. The summed E-state index contributed by atoms with van der Waals surface area (Å²) in [6.45, 7) is 7.87. The van der Waals surface area contributed by atoms with E-state index in [1.54, 1.807) is 0 Å². The number of carbonyl (C=O) groups is 1. The van der Waals surface area contributed by atoms with Crippen molar-refractivity contribution in [2.75, 3.05) is 13.1 Å². The number of benzene rings is 1. The van der Waals surface area contributed by atoms with Gasteiger partial charge >= 0.3 is 5.97 Å². The van der Waals surface area contributed by atoms with Gasteiger partial charge in [-0.25, -0.2) is 0 Å². The third kappa shape index (κ3) is 2.56. The smallest absolute Gasteiger partial charge is 0.308 e. The molecule has 98 valence electrons. The van der Waals surface area contributed by atoms with Gasteiger partial charge in [0.05, 0.1) is 5.92 Å². The van der Waals surface area contributed by atoms with Crippen molar-refractivity contribution in [2.45, 2.75) is 32.1 Å². The zero-order valence-corrected chi connectivity index (χ0v) is 11.2. The minimum absolute atomic E-state index is 0.0940. The van der Waals surface area contributed by atoms with Crippen molar-refractivity contribution in [1.29, 1.82) is 0 Å².